The highest BCUT2D eigenvalue weighted by Gasteiger charge is 2.11. The lowest BCUT2D eigenvalue weighted by Crippen LogP contribution is -2.38. The number of nitrogens with one attached hydrogen (secondary N) is 2. The Hall–Kier alpha value is -1.30. The molecule has 0 spiro atoms. The number of amides is 2. The molecule has 1 atom stereocenters. The van der Waals surface area contributed by atoms with Crippen LogP contribution in [0.5, 0.6) is 0 Å². The molecule has 0 aliphatic carbocycles. The molecule has 4 N–H and O–H groups in total. The Kier molecular flexibility index (Phi) is 8.96. The SMILES string of the molecule is CC(CN)C(=O)NCCNC(=O)c1ccccc1Cl.Cl. The fourth-order valence-corrected chi connectivity index (χ4v) is 1.61. The van der Waals surface area contributed by atoms with E-state index < -0.39 is 0 Å². The Morgan fingerprint density at radius 1 is 1.25 bits per heavy atom. The van der Waals surface area contributed by atoms with E-state index >= 15 is 0 Å². The second kappa shape index (κ2) is 9.58. The monoisotopic (exact) mass is 319 g/mol. The van der Waals surface area contributed by atoms with E-state index in [0.717, 1.165) is 0 Å². The largest absolute Gasteiger partial charge is 0.354 e. The van der Waals surface area contributed by atoms with Crippen LogP contribution in [-0.4, -0.2) is 31.4 Å². The lowest BCUT2D eigenvalue weighted by molar-refractivity contribution is -0.124. The quantitative estimate of drug-likeness (QED) is 0.689. The number of carbonyl (C=O) groups is 2. The topological polar surface area (TPSA) is 84.2 Å². The first kappa shape index (κ1) is 18.7. The molecule has 1 unspecified atom stereocenters. The third-order valence-electron chi connectivity index (χ3n) is 2.63. The van der Waals surface area contributed by atoms with Crippen LogP contribution in [0.2, 0.25) is 5.02 Å². The number of hydrogen-bond donors (Lipinski definition) is 3. The van der Waals surface area contributed by atoms with Gasteiger partial charge in [0.2, 0.25) is 5.91 Å². The summed E-state index contributed by atoms with van der Waals surface area (Å²) in [6, 6.07) is 6.80. The zero-order chi connectivity index (χ0) is 14.3. The highest BCUT2D eigenvalue weighted by Crippen LogP contribution is 2.14. The molecule has 0 aromatic heterocycles. The molecule has 0 aliphatic rings. The second-order valence-corrected chi connectivity index (χ2v) is 4.57. The molecular weight excluding hydrogens is 301 g/mol. The molecule has 0 saturated carbocycles. The van der Waals surface area contributed by atoms with Gasteiger partial charge in [-0.05, 0) is 12.1 Å². The summed E-state index contributed by atoms with van der Waals surface area (Å²) in [7, 11) is 0. The van der Waals surface area contributed by atoms with Gasteiger partial charge in [-0.25, -0.2) is 0 Å². The summed E-state index contributed by atoms with van der Waals surface area (Å²) in [5.41, 5.74) is 5.79. The molecule has 7 heteroatoms. The maximum absolute atomic E-state index is 11.8. The van der Waals surface area contributed by atoms with Crippen molar-refractivity contribution in [3.63, 3.8) is 0 Å². The first-order valence-electron chi connectivity index (χ1n) is 6.06. The van der Waals surface area contributed by atoms with Crippen LogP contribution in [0.15, 0.2) is 24.3 Å². The van der Waals surface area contributed by atoms with Crippen LogP contribution >= 0.6 is 24.0 Å². The predicted octanol–water partition coefficient (Wildman–Crippen LogP) is 1.20. The smallest absolute Gasteiger partial charge is 0.252 e. The fourth-order valence-electron chi connectivity index (χ4n) is 1.38. The van der Waals surface area contributed by atoms with Gasteiger partial charge in [-0.3, -0.25) is 9.59 Å². The summed E-state index contributed by atoms with van der Waals surface area (Å²) < 4.78 is 0. The van der Waals surface area contributed by atoms with E-state index in [1.165, 1.54) is 0 Å². The van der Waals surface area contributed by atoms with Gasteiger partial charge in [-0.2, -0.15) is 0 Å². The van der Waals surface area contributed by atoms with Crippen LogP contribution < -0.4 is 16.4 Å². The van der Waals surface area contributed by atoms with Crippen molar-refractivity contribution in [2.24, 2.45) is 11.7 Å². The Morgan fingerprint density at radius 3 is 2.45 bits per heavy atom. The average molecular weight is 320 g/mol. The highest BCUT2D eigenvalue weighted by molar-refractivity contribution is 6.33. The van der Waals surface area contributed by atoms with Gasteiger partial charge in [-0.15, -0.1) is 12.4 Å². The van der Waals surface area contributed by atoms with Crippen molar-refractivity contribution in [3.8, 4) is 0 Å². The summed E-state index contributed by atoms with van der Waals surface area (Å²) >= 11 is 5.90. The van der Waals surface area contributed by atoms with Crippen molar-refractivity contribution in [2.75, 3.05) is 19.6 Å². The zero-order valence-corrected chi connectivity index (χ0v) is 12.8. The van der Waals surface area contributed by atoms with Gasteiger partial charge < -0.3 is 16.4 Å². The number of hydrogen-bond acceptors (Lipinski definition) is 3. The number of halogens is 2. The van der Waals surface area contributed by atoms with Gasteiger partial charge in [0.25, 0.3) is 5.91 Å². The molecule has 1 aromatic rings. The van der Waals surface area contributed by atoms with Crippen molar-refractivity contribution in [2.45, 2.75) is 6.92 Å². The fraction of sp³-hybridized carbons (Fsp3) is 0.385. The molecule has 1 rings (SSSR count). The normalized spacial score (nSPS) is 11.2. The number of carbonyl (C=O) groups excluding carboxylic acids is 2. The third kappa shape index (κ3) is 5.77. The molecule has 0 saturated heterocycles. The molecule has 0 heterocycles. The first-order chi connectivity index (χ1) is 9.06. The van der Waals surface area contributed by atoms with E-state index in [4.69, 9.17) is 17.3 Å². The maximum Gasteiger partial charge on any atom is 0.252 e. The van der Waals surface area contributed by atoms with E-state index in [9.17, 15) is 9.59 Å². The predicted molar refractivity (Wildman–Crippen MR) is 82.3 cm³/mol. The lowest BCUT2D eigenvalue weighted by Gasteiger charge is -2.10. The average Bonchev–Trinajstić information content (AvgIpc) is 2.42. The second-order valence-electron chi connectivity index (χ2n) is 4.16. The maximum atomic E-state index is 11.8. The summed E-state index contributed by atoms with van der Waals surface area (Å²) in [6.45, 7) is 2.75. The highest BCUT2D eigenvalue weighted by atomic mass is 35.5. The number of rotatable bonds is 6. The van der Waals surface area contributed by atoms with E-state index in [2.05, 4.69) is 10.6 Å². The van der Waals surface area contributed by atoms with Crippen molar-refractivity contribution in [1.82, 2.24) is 10.6 Å². The van der Waals surface area contributed by atoms with Gasteiger partial charge in [0.05, 0.1) is 10.6 Å². The van der Waals surface area contributed by atoms with Gasteiger partial charge in [0, 0.05) is 25.6 Å². The van der Waals surface area contributed by atoms with Crippen LogP contribution in [0.3, 0.4) is 0 Å². The Bertz CT molecular complexity index is 455. The van der Waals surface area contributed by atoms with Gasteiger partial charge >= 0.3 is 0 Å². The van der Waals surface area contributed by atoms with Crippen molar-refractivity contribution < 1.29 is 9.59 Å². The van der Waals surface area contributed by atoms with Crippen molar-refractivity contribution in [1.29, 1.82) is 0 Å². The van der Waals surface area contributed by atoms with Crippen molar-refractivity contribution >= 4 is 35.8 Å². The van der Waals surface area contributed by atoms with Crippen molar-refractivity contribution in [3.05, 3.63) is 34.9 Å². The Balaban J connectivity index is 0.00000361. The molecule has 0 aliphatic heterocycles. The molecular formula is C13H19Cl2N3O2. The summed E-state index contributed by atoms with van der Waals surface area (Å²) in [4.78, 5) is 23.2. The van der Waals surface area contributed by atoms with Gasteiger partial charge in [-0.1, -0.05) is 30.7 Å². The Morgan fingerprint density at radius 2 is 1.85 bits per heavy atom. The molecule has 1 aromatic carbocycles. The third-order valence-corrected chi connectivity index (χ3v) is 2.96. The van der Waals surface area contributed by atoms with Crippen LogP contribution in [0.25, 0.3) is 0 Å². The molecule has 5 nitrogen and oxygen atoms in total. The molecule has 112 valence electrons. The van der Waals surface area contributed by atoms with E-state index in [0.29, 0.717) is 30.2 Å². The number of benzene rings is 1. The lowest BCUT2D eigenvalue weighted by atomic mass is 10.2. The minimum atomic E-state index is -0.258. The van der Waals surface area contributed by atoms with E-state index in [1.807, 2.05) is 0 Å². The van der Waals surface area contributed by atoms with Crippen LogP contribution in [-0.2, 0) is 4.79 Å². The van der Waals surface area contributed by atoms with Gasteiger partial charge in [0.15, 0.2) is 0 Å². The molecule has 2 amide bonds. The summed E-state index contributed by atoms with van der Waals surface area (Å²) in [6.07, 6.45) is 0. The minimum absolute atomic E-state index is 0. The first-order valence-corrected chi connectivity index (χ1v) is 6.44. The molecule has 0 radical (unpaired) electrons. The van der Waals surface area contributed by atoms with E-state index in [-0.39, 0.29) is 30.1 Å². The van der Waals surface area contributed by atoms with Gasteiger partial charge in [0.1, 0.15) is 0 Å². The number of nitrogens with two attached hydrogens (primary N) is 1. The van der Waals surface area contributed by atoms with Crippen LogP contribution in [0, 0.1) is 5.92 Å². The molecule has 20 heavy (non-hydrogen) atoms. The molecule has 0 fully saturated rings. The summed E-state index contributed by atoms with van der Waals surface area (Å²) in [5, 5.41) is 5.77. The minimum Gasteiger partial charge on any atom is -0.354 e. The molecule has 0 bridgehead atoms. The Labute approximate surface area is 129 Å². The summed E-state index contributed by atoms with van der Waals surface area (Å²) in [5.74, 6) is -0.597. The van der Waals surface area contributed by atoms with E-state index in [1.54, 1.807) is 31.2 Å². The standard InChI is InChI=1S/C13H18ClN3O2.ClH/c1-9(8-15)12(18)16-6-7-17-13(19)10-4-2-3-5-11(10)14;/h2-5,9H,6-8,15H2,1H3,(H,16,18)(H,17,19);1H. The zero-order valence-electron chi connectivity index (χ0n) is 11.2. The van der Waals surface area contributed by atoms with Crippen LogP contribution in [0.1, 0.15) is 17.3 Å². The van der Waals surface area contributed by atoms with Crippen LogP contribution in [0.4, 0.5) is 0 Å².